The third-order valence-corrected chi connectivity index (χ3v) is 1.58. The van der Waals surface area contributed by atoms with Crippen LogP contribution in [0.15, 0.2) is 17.8 Å². The van der Waals surface area contributed by atoms with Gasteiger partial charge < -0.3 is 4.90 Å². The molecule has 13 heavy (non-hydrogen) atoms. The van der Waals surface area contributed by atoms with Gasteiger partial charge in [-0.25, -0.2) is 4.99 Å². The maximum atomic E-state index is 12.3. The van der Waals surface area contributed by atoms with Crippen molar-refractivity contribution < 1.29 is 13.2 Å². The van der Waals surface area contributed by atoms with Gasteiger partial charge in [0, 0.05) is 19.3 Å². The molecule has 5 heteroatoms. The van der Waals surface area contributed by atoms with Crippen molar-refractivity contribution in [2.45, 2.75) is 26.1 Å². The first-order valence-electron chi connectivity index (χ1n) is 3.79. The molecule has 0 fully saturated rings. The summed E-state index contributed by atoms with van der Waals surface area (Å²) in [6.07, 6.45) is -3.53. The molecule has 0 N–H and O–H groups in total. The molecule has 0 amide bonds. The van der Waals surface area contributed by atoms with Crippen molar-refractivity contribution in [1.82, 2.24) is 4.90 Å². The number of alkyl halides is 3. The van der Waals surface area contributed by atoms with Gasteiger partial charge in [0.05, 0.1) is 0 Å². The lowest BCUT2D eigenvalue weighted by atomic mass is 10.3. The van der Waals surface area contributed by atoms with Gasteiger partial charge in [0.1, 0.15) is 0 Å². The second kappa shape index (κ2) is 4.30. The number of amidine groups is 1. The summed E-state index contributed by atoms with van der Waals surface area (Å²) in [5.41, 5.74) is 0. The van der Waals surface area contributed by atoms with Gasteiger partial charge in [0.2, 0.25) is 5.84 Å². The van der Waals surface area contributed by atoms with Crippen LogP contribution in [0.4, 0.5) is 13.2 Å². The van der Waals surface area contributed by atoms with Crippen LogP contribution in [0.5, 0.6) is 0 Å². The maximum absolute atomic E-state index is 12.3. The molecule has 0 aliphatic carbocycles. The van der Waals surface area contributed by atoms with Gasteiger partial charge in [-0.15, -0.1) is 0 Å². The van der Waals surface area contributed by atoms with Crippen LogP contribution in [0.2, 0.25) is 0 Å². The quantitative estimate of drug-likeness (QED) is 0.487. The number of aliphatic imine (C=N–C) groups is 1. The van der Waals surface area contributed by atoms with Gasteiger partial charge >= 0.3 is 6.18 Å². The number of nitrogens with zero attached hydrogens (tertiary/aromatic N) is 2. The average molecular weight is 194 g/mol. The van der Waals surface area contributed by atoms with E-state index in [2.05, 4.69) is 11.6 Å². The van der Waals surface area contributed by atoms with E-state index < -0.39 is 12.0 Å². The zero-order valence-corrected chi connectivity index (χ0v) is 7.89. The highest BCUT2D eigenvalue weighted by Gasteiger charge is 2.38. The molecule has 0 heterocycles. The molecule has 0 saturated carbocycles. The molecule has 0 radical (unpaired) electrons. The predicted octanol–water partition coefficient (Wildman–Crippen LogP) is 2.43. The predicted molar refractivity (Wildman–Crippen MR) is 46.6 cm³/mol. The molecule has 0 aromatic heterocycles. The lowest BCUT2D eigenvalue weighted by Gasteiger charge is -2.26. The van der Waals surface area contributed by atoms with E-state index in [-0.39, 0.29) is 6.04 Å². The Morgan fingerprint density at radius 3 is 2.15 bits per heavy atom. The van der Waals surface area contributed by atoms with E-state index in [1.807, 2.05) is 0 Å². The molecule has 0 unspecified atom stereocenters. The Hall–Kier alpha value is -1.00. The first-order chi connectivity index (χ1) is 5.80. The monoisotopic (exact) mass is 194 g/mol. The number of halogens is 3. The van der Waals surface area contributed by atoms with Crippen molar-refractivity contribution in [3.05, 3.63) is 12.8 Å². The van der Waals surface area contributed by atoms with Crippen molar-refractivity contribution in [2.75, 3.05) is 7.05 Å². The van der Waals surface area contributed by atoms with Gasteiger partial charge in [-0.1, -0.05) is 6.58 Å². The Morgan fingerprint density at radius 1 is 1.46 bits per heavy atom. The van der Waals surface area contributed by atoms with Gasteiger partial charge in [0.15, 0.2) is 0 Å². The van der Waals surface area contributed by atoms with E-state index in [0.29, 0.717) is 0 Å². The van der Waals surface area contributed by atoms with Gasteiger partial charge in [-0.05, 0) is 13.8 Å². The van der Waals surface area contributed by atoms with Crippen molar-refractivity contribution in [2.24, 2.45) is 4.99 Å². The second-order valence-electron chi connectivity index (χ2n) is 2.84. The van der Waals surface area contributed by atoms with Crippen LogP contribution in [0.25, 0.3) is 0 Å². The van der Waals surface area contributed by atoms with Gasteiger partial charge in [0.25, 0.3) is 0 Å². The minimum atomic E-state index is -4.42. The fourth-order valence-electron chi connectivity index (χ4n) is 0.695. The summed E-state index contributed by atoms with van der Waals surface area (Å²) >= 11 is 0. The molecule has 76 valence electrons. The minimum Gasteiger partial charge on any atom is -0.353 e. The Labute approximate surface area is 75.8 Å². The summed E-state index contributed by atoms with van der Waals surface area (Å²) in [6.45, 7) is 6.46. The molecule has 0 spiro atoms. The number of rotatable bonds is 2. The van der Waals surface area contributed by atoms with Gasteiger partial charge in [-0.2, -0.15) is 13.2 Å². The average Bonchev–Trinajstić information content (AvgIpc) is 1.96. The molecule has 0 bridgehead atoms. The highest BCUT2D eigenvalue weighted by Crippen LogP contribution is 2.20. The molecule has 0 aliphatic rings. The summed E-state index contributed by atoms with van der Waals surface area (Å²) in [5.74, 6) is -0.919. The highest BCUT2D eigenvalue weighted by atomic mass is 19.4. The van der Waals surface area contributed by atoms with Crippen LogP contribution in [0.3, 0.4) is 0 Å². The van der Waals surface area contributed by atoms with Crippen LogP contribution in [-0.2, 0) is 0 Å². The lowest BCUT2D eigenvalue weighted by molar-refractivity contribution is -0.0689. The number of hydrogen-bond acceptors (Lipinski definition) is 1. The normalized spacial score (nSPS) is 13.3. The standard InChI is InChI=1S/C8H13F3N2/c1-5-12-7(8(9,10)11)13(4)6(2)3/h5-6H,1H2,2-4H3/b12-7-. The molecule has 0 atom stereocenters. The van der Waals surface area contributed by atoms with E-state index in [9.17, 15) is 13.2 Å². The molecule has 0 aromatic carbocycles. The van der Waals surface area contributed by atoms with E-state index in [0.717, 1.165) is 11.1 Å². The van der Waals surface area contributed by atoms with E-state index in [4.69, 9.17) is 0 Å². The van der Waals surface area contributed by atoms with E-state index >= 15 is 0 Å². The Balaban J connectivity index is 4.83. The topological polar surface area (TPSA) is 15.6 Å². The molecular formula is C8H13F3N2. The van der Waals surface area contributed by atoms with Crippen LogP contribution >= 0.6 is 0 Å². The first kappa shape index (κ1) is 12.0. The largest absolute Gasteiger partial charge is 0.449 e. The molecule has 0 rings (SSSR count). The summed E-state index contributed by atoms with van der Waals surface area (Å²) in [5, 5.41) is 0. The number of hydrogen-bond donors (Lipinski definition) is 0. The molecule has 2 nitrogen and oxygen atoms in total. The van der Waals surface area contributed by atoms with Crippen LogP contribution in [0, 0.1) is 0 Å². The minimum absolute atomic E-state index is 0.250. The maximum Gasteiger partial charge on any atom is 0.449 e. The molecule has 0 aromatic rings. The Kier molecular flexibility index (Phi) is 3.97. The lowest BCUT2D eigenvalue weighted by Crippen LogP contribution is -2.42. The summed E-state index contributed by atoms with van der Waals surface area (Å²) in [7, 11) is 1.35. The Morgan fingerprint density at radius 2 is 1.92 bits per heavy atom. The Bertz CT molecular complexity index is 206. The zero-order chi connectivity index (χ0) is 10.6. The van der Waals surface area contributed by atoms with E-state index in [1.165, 1.54) is 7.05 Å². The summed E-state index contributed by atoms with van der Waals surface area (Å²) < 4.78 is 36.9. The SMILES string of the molecule is C=C/N=C(\N(C)C(C)C)C(F)(F)F. The highest BCUT2D eigenvalue weighted by molar-refractivity contribution is 5.88. The van der Waals surface area contributed by atoms with Crippen molar-refractivity contribution in [3.8, 4) is 0 Å². The van der Waals surface area contributed by atoms with Crippen molar-refractivity contribution in [3.63, 3.8) is 0 Å². The molecular weight excluding hydrogens is 181 g/mol. The second-order valence-corrected chi connectivity index (χ2v) is 2.84. The van der Waals surface area contributed by atoms with Crippen LogP contribution < -0.4 is 0 Å². The molecule has 0 saturated heterocycles. The zero-order valence-electron chi connectivity index (χ0n) is 7.89. The summed E-state index contributed by atoms with van der Waals surface area (Å²) in [6, 6.07) is -0.250. The summed E-state index contributed by atoms with van der Waals surface area (Å²) in [4.78, 5) is 4.26. The molecule has 0 aliphatic heterocycles. The fourth-order valence-corrected chi connectivity index (χ4v) is 0.695. The van der Waals surface area contributed by atoms with Crippen molar-refractivity contribution in [1.29, 1.82) is 0 Å². The first-order valence-corrected chi connectivity index (χ1v) is 3.79. The third-order valence-electron chi connectivity index (χ3n) is 1.58. The fraction of sp³-hybridized carbons (Fsp3) is 0.625. The van der Waals surface area contributed by atoms with Crippen LogP contribution in [-0.4, -0.2) is 30.0 Å². The van der Waals surface area contributed by atoms with Gasteiger partial charge in [-0.3, -0.25) is 0 Å². The van der Waals surface area contributed by atoms with Crippen molar-refractivity contribution >= 4 is 5.84 Å². The van der Waals surface area contributed by atoms with E-state index in [1.54, 1.807) is 13.8 Å². The van der Waals surface area contributed by atoms with Crippen LogP contribution in [0.1, 0.15) is 13.8 Å². The smallest absolute Gasteiger partial charge is 0.353 e. The third kappa shape index (κ3) is 3.48.